The van der Waals surface area contributed by atoms with E-state index in [2.05, 4.69) is 0 Å². The molecule has 0 rings (SSSR count). The Kier molecular flexibility index (Phi) is 4.74. The van der Waals surface area contributed by atoms with Crippen LogP contribution >= 0.6 is 0 Å². The van der Waals surface area contributed by atoms with Crippen LogP contribution in [0.3, 0.4) is 0 Å². The van der Waals surface area contributed by atoms with Gasteiger partial charge in [-0.15, -0.1) is 0 Å². The summed E-state index contributed by atoms with van der Waals surface area (Å²) in [6.07, 6.45) is 1.68. The number of ketones is 1. The normalized spacial score (nSPS) is 14.8. The van der Waals surface area contributed by atoms with Crippen molar-refractivity contribution in [2.24, 2.45) is 5.92 Å². The third-order valence-corrected chi connectivity index (χ3v) is 3.43. The lowest BCUT2D eigenvalue weighted by Gasteiger charge is -2.25. The van der Waals surface area contributed by atoms with Crippen molar-refractivity contribution < 1.29 is 13.2 Å². The molecule has 4 nitrogen and oxygen atoms in total. The highest BCUT2D eigenvalue weighted by Crippen LogP contribution is 2.13. The predicted octanol–water partition coefficient (Wildman–Crippen LogP) is 0.882. The van der Waals surface area contributed by atoms with E-state index >= 15 is 0 Å². The first-order valence-corrected chi connectivity index (χ1v) is 6.44. The maximum Gasteiger partial charge on any atom is 0.211 e. The predicted molar refractivity (Wildman–Crippen MR) is 56.5 cm³/mol. The molecule has 0 aromatic heterocycles. The molecule has 0 N–H and O–H groups in total. The molecule has 0 saturated heterocycles. The second-order valence-corrected chi connectivity index (χ2v) is 6.08. The Morgan fingerprint density at radius 3 is 2.00 bits per heavy atom. The van der Waals surface area contributed by atoms with Crippen LogP contribution in [0.25, 0.3) is 0 Å². The minimum Gasteiger partial charge on any atom is -0.298 e. The van der Waals surface area contributed by atoms with Crippen molar-refractivity contribution in [3.8, 4) is 0 Å². The molecule has 14 heavy (non-hydrogen) atoms. The average Bonchev–Trinajstić information content (AvgIpc) is 1.96. The van der Waals surface area contributed by atoms with Gasteiger partial charge in [0, 0.05) is 7.05 Å². The molecule has 0 aliphatic rings. The molecule has 0 aliphatic carbocycles. The molecule has 0 radical (unpaired) electrons. The van der Waals surface area contributed by atoms with Gasteiger partial charge < -0.3 is 0 Å². The highest BCUT2D eigenvalue weighted by atomic mass is 32.2. The Bertz CT molecular complexity index is 295. The van der Waals surface area contributed by atoms with Crippen LogP contribution in [0.4, 0.5) is 0 Å². The van der Waals surface area contributed by atoms with Gasteiger partial charge in [-0.3, -0.25) is 4.79 Å². The largest absolute Gasteiger partial charge is 0.298 e. The van der Waals surface area contributed by atoms with Crippen molar-refractivity contribution in [3.63, 3.8) is 0 Å². The molecule has 0 aliphatic heterocycles. The van der Waals surface area contributed by atoms with E-state index in [0.717, 1.165) is 10.6 Å². The van der Waals surface area contributed by atoms with Gasteiger partial charge in [-0.05, 0) is 19.3 Å². The summed E-state index contributed by atoms with van der Waals surface area (Å²) in [5.74, 6) is 0.194. The van der Waals surface area contributed by atoms with E-state index in [1.54, 1.807) is 0 Å². The average molecular weight is 221 g/mol. The molecule has 0 aromatic carbocycles. The van der Waals surface area contributed by atoms with Gasteiger partial charge in [0.15, 0.2) is 0 Å². The van der Waals surface area contributed by atoms with E-state index in [4.69, 9.17) is 0 Å². The summed E-state index contributed by atoms with van der Waals surface area (Å²) >= 11 is 0. The number of rotatable bonds is 5. The molecule has 0 heterocycles. The quantitative estimate of drug-likeness (QED) is 0.692. The SMILES string of the molecule is CC(=O)[C@@H](CC(C)C)N(C)S(C)(=O)=O. The monoisotopic (exact) mass is 221 g/mol. The number of sulfonamides is 1. The highest BCUT2D eigenvalue weighted by Gasteiger charge is 2.26. The minimum absolute atomic E-state index is 0.105. The fourth-order valence-electron chi connectivity index (χ4n) is 1.25. The van der Waals surface area contributed by atoms with Crippen molar-refractivity contribution in [1.29, 1.82) is 0 Å². The number of likely N-dealkylation sites (N-methyl/N-ethyl adjacent to an activating group) is 1. The summed E-state index contributed by atoms with van der Waals surface area (Å²) in [6, 6.07) is -0.523. The zero-order valence-electron chi connectivity index (χ0n) is 9.44. The minimum atomic E-state index is -3.28. The van der Waals surface area contributed by atoms with Crippen LogP contribution in [0.1, 0.15) is 27.2 Å². The Balaban J connectivity index is 4.76. The van der Waals surface area contributed by atoms with Crippen molar-refractivity contribution in [3.05, 3.63) is 0 Å². The van der Waals surface area contributed by atoms with Gasteiger partial charge in [0.2, 0.25) is 10.0 Å². The molecule has 0 unspecified atom stereocenters. The van der Waals surface area contributed by atoms with E-state index in [1.807, 2.05) is 13.8 Å². The fraction of sp³-hybridized carbons (Fsp3) is 0.889. The number of hydrogen-bond acceptors (Lipinski definition) is 3. The summed E-state index contributed by atoms with van der Waals surface area (Å²) in [6.45, 7) is 5.35. The first kappa shape index (κ1) is 13.6. The number of carbonyl (C=O) groups excluding carboxylic acids is 1. The molecule has 0 spiro atoms. The van der Waals surface area contributed by atoms with Crippen LogP contribution < -0.4 is 0 Å². The third-order valence-electron chi connectivity index (χ3n) is 2.13. The van der Waals surface area contributed by atoms with Crippen LogP contribution in [-0.4, -0.2) is 37.9 Å². The van der Waals surface area contributed by atoms with Crippen molar-refractivity contribution in [2.75, 3.05) is 13.3 Å². The summed E-state index contributed by atoms with van der Waals surface area (Å²) in [5, 5.41) is 0. The van der Waals surface area contributed by atoms with E-state index in [-0.39, 0.29) is 5.78 Å². The Morgan fingerprint density at radius 1 is 1.36 bits per heavy atom. The zero-order valence-corrected chi connectivity index (χ0v) is 10.3. The maximum absolute atomic E-state index is 11.3. The van der Waals surface area contributed by atoms with Crippen molar-refractivity contribution in [2.45, 2.75) is 33.2 Å². The second-order valence-electron chi connectivity index (χ2n) is 4.04. The lowest BCUT2D eigenvalue weighted by molar-refractivity contribution is -0.120. The lowest BCUT2D eigenvalue weighted by atomic mass is 10.0. The van der Waals surface area contributed by atoms with Gasteiger partial charge in [0.25, 0.3) is 0 Å². The van der Waals surface area contributed by atoms with Crippen LogP contribution in [0.2, 0.25) is 0 Å². The fourth-order valence-corrected chi connectivity index (χ4v) is 1.94. The topological polar surface area (TPSA) is 54.5 Å². The van der Waals surface area contributed by atoms with Crippen LogP contribution in [0.5, 0.6) is 0 Å². The van der Waals surface area contributed by atoms with Gasteiger partial charge in [0.05, 0.1) is 12.3 Å². The van der Waals surface area contributed by atoms with Gasteiger partial charge in [-0.2, -0.15) is 4.31 Å². The number of Topliss-reactive ketones (excluding diaryl/α,β-unsaturated/α-hetero) is 1. The Hall–Kier alpha value is -0.420. The number of hydrogen-bond donors (Lipinski definition) is 0. The molecule has 1 atom stereocenters. The van der Waals surface area contributed by atoms with Gasteiger partial charge in [-0.1, -0.05) is 13.8 Å². The molecule has 0 amide bonds. The smallest absolute Gasteiger partial charge is 0.211 e. The lowest BCUT2D eigenvalue weighted by Crippen LogP contribution is -2.41. The summed E-state index contributed by atoms with van der Waals surface area (Å²) in [5.41, 5.74) is 0. The van der Waals surface area contributed by atoms with Gasteiger partial charge in [0.1, 0.15) is 5.78 Å². The molecule has 0 saturated carbocycles. The van der Waals surface area contributed by atoms with Crippen LogP contribution in [-0.2, 0) is 14.8 Å². The Labute approximate surface area is 86.3 Å². The first-order chi connectivity index (χ1) is 6.16. The Morgan fingerprint density at radius 2 is 1.79 bits per heavy atom. The summed E-state index contributed by atoms with van der Waals surface area (Å²) in [7, 11) is -1.83. The molecule has 84 valence electrons. The van der Waals surface area contributed by atoms with E-state index in [0.29, 0.717) is 12.3 Å². The van der Waals surface area contributed by atoms with Gasteiger partial charge in [-0.25, -0.2) is 8.42 Å². The van der Waals surface area contributed by atoms with Crippen LogP contribution in [0, 0.1) is 5.92 Å². The van der Waals surface area contributed by atoms with E-state index in [1.165, 1.54) is 14.0 Å². The second kappa shape index (κ2) is 4.89. The molecule has 0 bridgehead atoms. The molecule has 0 aromatic rings. The van der Waals surface area contributed by atoms with E-state index in [9.17, 15) is 13.2 Å². The van der Waals surface area contributed by atoms with Crippen molar-refractivity contribution in [1.82, 2.24) is 4.31 Å². The number of carbonyl (C=O) groups is 1. The molecular formula is C9H19NO3S. The zero-order chi connectivity index (χ0) is 11.5. The number of nitrogens with zero attached hydrogens (tertiary/aromatic N) is 1. The van der Waals surface area contributed by atoms with Crippen molar-refractivity contribution >= 4 is 15.8 Å². The third kappa shape index (κ3) is 4.19. The van der Waals surface area contributed by atoms with Crippen LogP contribution in [0.15, 0.2) is 0 Å². The highest BCUT2D eigenvalue weighted by molar-refractivity contribution is 7.88. The summed E-state index contributed by atoms with van der Waals surface area (Å²) < 4.78 is 23.6. The molecule has 0 fully saturated rings. The summed E-state index contributed by atoms with van der Waals surface area (Å²) in [4.78, 5) is 11.3. The van der Waals surface area contributed by atoms with E-state index < -0.39 is 16.1 Å². The maximum atomic E-state index is 11.3. The standard InChI is InChI=1S/C9H19NO3S/c1-7(2)6-9(8(3)11)10(4)14(5,12)13/h7,9H,6H2,1-5H3/t9-/m1/s1. The first-order valence-electron chi connectivity index (χ1n) is 4.59. The molecular weight excluding hydrogens is 202 g/mol. The molecule has 5 heteroatoms. The van der Waals surface area contributed by atoms with Gasteiger partial charge >= 0.3 is 0 Å².